The first-order valence-electron chi connectivity index (χ1n) is 4.79. The first-order valence-corrected chi connectivity index (χ1v) is 4.79. The summed E-state index contributed by atoms with van der Waals surface area (Å²) in [6.07, 6.45) is 2.86. The molecule has 1 atom stereocenters. The standard InChI is InChI=1S/C8H16N2.C2H4.H2/c1-9-5-6-10-4-2-3-8(10)7-9;1-2;/h8H,2-7H2,1H3;1-2H2;1H. The number of likely N-dealkylation sites (N-methyl/N-ethyl adjacent to an activating group) is 1. The van der Waals surface area contributed by atoms with E-state index in [-0.39, 0.29) is 1.43 Å². The zero-order valence-corrected chi connectivity index (χ0v) is 8.13. The Labute approximate surface area is 77.3 Å². The van der Waals surface area contributed by atoms with Gasteiger partial charge in [-0.3, -0.25) is 4.90 Å². The normalized spacial score (nSPS) is 30.6. The van der Waals surface area contributed by atoms with Gasteiger partial charge in [0.05, 0.1) is 0 Å². The topological polar surface area (TPSA) is 6.48 Å². The molecule has 2 aliphatic rings. The lowest BCUT2D eigenvalue weighted by Crippen LogP contribution is -2.48. The zero-order valence-electron chi connectivity index (χ0n) is 8.13. The van der Waals surface area contributed by atoms with Crippen molar-refractivity contribution in [2.24, 2.45) is 0 Å². The van der Waals surface area contributed by atoms with Crippen molar-refractivity contribution in [2.45, 2.75) is 18.9 Å². The Bertz CT molecular complexity index is 141. The van der Waals surface area contributed by atoms with E-state index in [1.165, 1.54) is 39.0 Å². The van der Waals surface area contributed by atoms with Gasteiger partial charge in [-0.05, 0) is 26.4 Å². The fraction of sp³-hybridized carbons (Fsp3) is 0.800. The van der Waals surface area contributed by atoms with Crippen LogP contribution in [0.1, 0.15) is 14.3 Å². The van der Waals surface area contributed by atoms with Gasteiger partial charge in [0, 0.05) is 27.1 Å². The van der Waals surface area contributed by atoms with E-state index >= 15 is 0 Å². The molecule has 2 rings (SSSR count). The molecular formula is C10H22N2. The van der Waals surface area contributed by atoms with E-state index < -0.39 is 0 Å². The van der Waals surface area contributed by atoms with Crippen LogP contribution in [0.15, 0.2) is 13.2 Å². The van der Waals surface area contributed by atoms with Crippen LogP contribution in [-0.4, -0.2) is 49.1 Å². The van der Waals surface area contributed by atoms with Crippen molar-refractivity contribution in [2.75, 3.05) is 33.2 Å². The molecular weight excluding hydrogens is 148 g/mol. The summed E-state index contributed by atoms with van der Waals surface area (Å²) in [6, 6.07) is 0.902. The van der Waals surface area contributed by atoms with Gasteiger partial charge in [-0.2, -0.15) is 0 Å². The lowest BCUT2D eigenvalue weighted by molar-refractivity contribution is 0.124. The quantitative estimate of drug-likeness (QED) is 0.508. The van der Waals surface area contributed by atoms with E-state index in [0.29, 0.717) is 0 Å². The van der Waals surface area contributed by atoms with Crippen molar-refractivity contribution in [3.05, 3.63) is 13.2 Å². The van der Waals surface area contributed by atoms with Crippen LogP contribution in [0.5, 0.6) is 0 Å². The molecule has 0 amide bonds. The van der Waals surface area contributed by atoms with E-state index in [9.17, 15) is 0 Å². The molecule has 0 aromatic heterocycles. The number of nitrogens with zero attached hydrogens (tertiary/aromatic N) is 2. The predicted molar refractivity (Wildman–Crippen MR) is 55.5 cm³/mol. The fourth-order valence-electron chi connectivity index (χ4n) is 2.15. The van der Waals surface area contributed by atoms with Gasteiger partial charge in [-0.25, -0.2) is 0 Å². The maximum atomic E-state index is 3.00. The van der Waals surface area contributed by atoms with Gasteiger partial charge in [-0.1, -0.05) is 0 Å². The van der Waals surface area contributed by atoms with Crippen molar-refractivity contribution >= 4 is 0 Å². The van der Waals surface area contributed by atoms with Gasteiger partial charge >= 0.3 is 0 Å². The number of hydrogen-bond donors (Lipinski definition) is 0. The maximum Gasteiger partial charge on any atom is 0.0224 e. The number of piperazine rings is 1. The van der Waals surface area contributed by atoms with E-state index in [2.05, 4.69) is 30.0 Å². The third-order valence-corrected chi connectivity index (χ3v) is 2.79. The average molecular weight is 170 g/mol. The van der Waals surface area contributed by atoms with Gasteiger partial charge < -0.3 is 4.90 Å². The molecule has 0 spiro atoms. The Balaban J connectivity index is 0.000000451. The largest absolute Gasteiger partial charge is 0.304 e. The molecule has 2 heteroatoms. The first kappa shape index (κ1) is 9.75. The third kappa shape index (κ3) is 2.08. The summed E-state index contributed by atoms with van der Waals surface area (Å²) < 4.78 is 0. The van der Waals surface area contributed by atoms with Gasteiger partial charge in [0.2, 0.25) is 0 Å². The lowest BCUT2D eigenvalue weighted by atomic mass is 10.2. The third-order valence-electron chi connectivity index (χ3n) is 2.79. The molecule has 12 heavy (non-hydrogen) atoms. The van der Waals surface area contributed by atoms with Crippen LogP contribution in [0.2, 0.25) is 0 Å². The minimum atomic E-state index is 0. The summed E-state index contributed by atoms with van der Waals surface area (Å²) in [7, 11) is 2.23. The van der Waals surface area contributed by atoms with E-state index in [4.69, 9.17) is 0 Å². The Morgan fingerprint density at radius 1 is 1.25 bits per heavy atom. The van der Waals surface area contributed by atoms with E-state index in [1.807, 2.05) is 0 Å². The molecule has 2 nitrogen and oxygen atoms in total. The van der Waals surface area contributed by atoms with Crippen molar-refractivity contribution in [1.82, 2.24) is 9.80 Å². The smallest absolute Gasteiger partial charge is 0.0224 e. The summed E-state index contributed by atoms with van der Waals surface area (Å²) in [5.41, 5.74) is 0. The minimum Gasteiger partial charge on any atom is -0.304 e. The Hall–Kier alpha value is -0.340. The minimum absolute atomic E-state index is 0. The fourth-order valence-corrected chi connectivity index (χ4v) is 2.15. The molecule has 0 N–H and O–H groups in total. The first-order chi connectivity index (χ1) is 5.86. The molecule has 2 fully saturated rings. The van der Waals surface area contributed by atoms with Crippen LogP contribution in [0, 0.1) is 0 Å². The second-order valence-corrected chi connectivity index (χ2v) is 3.59. The van der Waals surface area contributed by atoms with Crippen LogP contribution in [0.3, 0.4) is 0 Å². The molecule has 1 unspecified atom stereocenters. The molecule has 0 aliphatic carbocycles. The second kappa shape index (κ2) is 4.63. The molecule has 0 aromatic carbocycles. The van der Waals surface area contributed by atoms with Crippen LogP contribution < -0.4 is 0 Å². The average Bonchev–Trinajstić information content (AvgIpc) is 2.54. The lowest BCUT2D eigenvalue weighted by Gasteiger charge is -2.35. The molecule has 0 bridgehead atoms. The highest BCUT2D eigenvalue weighted by Gasteiger charge is 2.28. The van der Waals surface area contributed by atoms with Crippen LogP contribution >= 0.6 is 0 Å². The van der Waals surface area contributed by atoms with Crippen molar-refractivity contribution in [1.29, 1.82) is 0 Å². The molecule has 0 aromatic rings. The van der Waals surface area contributed by atoms with Crippen LogP contribution in [-0.2, 0) is 0 Å². The monoisotopic (exact) mass is 170 g/mol. The van der Waals surface area contributed by atoms with Crippen molar-refractivity contribution in [3.8, 4) is 0 Å². The van der Waals surface area contributed by atoms with Gasteiger partial charge in [0.25, 0.3) is 0 Å². The van der Waals surface area contributed by atoms with Gasteiger partial charge in [0.1, 0.15) is 0 Å². The summed E-state index contributed by atoms with van der Waals surface area (Å²) >= 11 is 0. The highest BCUT2D eigenvalue weighted by molar-refractivity contribution is 4.85. The van der Waals surface area contributed by atoms with Crippen molar-refractivity contribution < 1.29 is 1.43 Å². The van der Waals surface area contributed by atoms with Gasteiger partial charge in [0.15, 0.2) is 0 Å². The Kier molecular flexibility index (Phi) is 3.76. The summed E-state index contributed by atoms with van der Waals surface area (Å²) in [6.45, 7) is 11.2. The summed E-state index contributed by atoms with van der Waals surface area (Å²) in [5.74, 6) is 0. The molecule has 2 saturated heterocycles. The number of hydrogen-bond acceptors (Lipinski definition) is 2. The van der Waals surface area contributed by atoms with Gasteiger partial charge in [-0.15, -0.1) is 13.2 Å². The highest BCUT2D eigenvalue weighted by Crippen LogP contribution is 2.20. The summed E-state index contributed by atoms with van der Waals surface area (Å²) in [4.78, 5) is 5.09. The molecule has 0 radical (unpaired) electrons. The van der Waals surface area contributed by atoms with Crippen LogP contribution in [0.4, 0.5) is 0 Å². The summed E-state index contributed by atoms with van der Waals surface area (Å²) in [5, 5.41) is 0. The number of fused-ring (bicyclic) bond motifs is 1. The Morgan fingerprint density at radius 3 is 2.75 bits per heavy atom. The molecule has 2 heterocycles. The molecule has 72 valence electrons. The van der Waals surface area contributed by atoms with Crippen LogP contribution in [0.25, 0.3) is 0 Å². The molecule has 0 saturated carbocycles. The predicted octanol–water partition coefficient (Wildman–Crippen LogP) is 1.44. The second-order valence-electron chi connectivity index (χ2n) is 3.59. The highest BCUT2D eigenvalue weighted by atomic mass is 15.3. The van der Waals surface area contributed by atoms with E-state index in [0.717, 1.165) is 6.04 Å². The maximum absolute atomic E-state index is 3.00. The Morgan fingerprint density at radius 2 is 2.00 bits per heavy atom. The number of rotatable bonds is 0. The van der Waals surface area contributed by atoms with E-state index in [1.54, 1.807) is 0 Å². The molecule has 2 aliphatic heterocycles. The van der Waals surface area contributed by atoms with Crippen molar-refractivity contribution in [3.63, 3.8) is 0 Å². The zero-order chi connectivity index (χ0) is 8.97. The SMILES string of the molecule is C=C.CN1CCN2CCCC2C1.[HH].